The van der Waals surface area contributed by atoms with Crippen molar-refractivity contribution in [3.63, 3.8) is 0 Å². The van der Waals surface area contributed by atoms with Gasteiger partial charge in [0.05, 0.1) is 5.69 Å². The third-order valence-corrected chi connectivity index (χ3v) is 5.06. The van der Waals surface area contributed by atoms with Crippen LogP contribution in [0.1, 0.15) is 43.1 Å². The summed E-state index contributed by atoms with van der Waals surface area (Å²) in [6.45, 7) is 7.11. The molecule has 1 atom stereocenters. The first-order valence-corrected chi connectivity index (χ1v) is 8.06. The molecule has 20 heavy (non-hydrogen) atoms. The van der Waals surface area contributed by atoms with Gasteiger partial charge in [-0.3, -0.25) is 4.90 Å². The zero-order chi connectivity index (χ0) is 14.1. The summed E-state index contributed by atoms with van der Waals surface area (Å²) >= 11 is 0. The molecule has 0 spiro atoms. The van der Waals surface area contributed by atoms with Gasteiger partial charge in [-0.15, -0.1) is 0 Å². The van der Waals surface area contributed by atoms with Crippen LogP contribution in [0.15, 0.2) is 6.20 Å². The van der Waals surface area contributed by atoms with E-state index in [0.29, 0.717) is 5.92 Å². The van der Waals surface area contributed by atoms with Crippen LogP contribution < -0.4 is 0 Å². The van der Waals surface area contributed by atoms with E-state index in [1.807, 2.05) is 0 Å². The molecule has 4 nitrogen and oxygen atoms in total. The van der Waals surface area contributed by atoms with Crippen molar-refractivity contribution in [2.45, 2.75) is 44.6 Å². The van der Waals surface area contributed by atoms with Gasteiger partial charge in [0, 0.05) is 31.7 Å². The molecule has 2 aliphatic rings. The quantitative estimate of drug-likeness (QED) is 0.826. The Kier molecular flexibility index (Phi) is 4.13. The standard InChI is InChI=1S/C16H28N4/c1-13-11-19(3)16(17-13)14-5-4-8-20(12-14)15-6-9-18(2)10-7-15/h11,14-15H,4-10,12H2,1-3H3/t14-/m1/s1. The molecule has 1 aromatic heterocycles. The van der Waals surface area contributed by atoms with Crippen molar-refractivity contribution >= 4 is 0 Å². The number of imidazole rings is 1. The van der Waals surface area contributed by atoms with Gasteiger partial charge in [-0.05, 0) is 59.3 Å². The normalized spacial score (nSPS) is 27.1. The van der Waals surface area contributed by atoms with E-state index < -0.39 is 0 Å². The Hall–Kier alpha value is -0.870. The summed E-state index contributed by atoms with van der Waals surface area (Å²) in [5, 5.41) is 0. The van der Waals surface area contributed by atoms with Crippen LogP contribution in [-0.4, -0.2) is 58.6 Å². The number of piperidine rings is 2. The van der Waals surface area contributed by atoms with E-state index in [1.165, 1.54) is 57.7 Å². The molecule has 4 heteroatoms. The van der Waals surface area contributed by atoms with Crippen LogP contribution in [0.2, 0.25) is 0 Å². The average Bonchev–Trinajstić information content (AvgIpc) is 2.79. The van der Waals surface area contributed by atoms with Crippen molar-refractivity contribution in [3.05, 3.63) is 17.7 Å². The third-order valence-electron chi connectivity index (χ3n) is 5.06. The summed E-state index contributed by atoms with van der Waals surface area (Å²) in [4.78, 5) is 9.95. The third kappa shape index (κ3) is 2.91. The maximum absolute atomic E-state index is 4.75. The second-order valence-corrected chi connectivity index (χ2v) is 6.72. The number of nitrogens with zero attached hydrogens (tertiary/aromatic N) is 4. The topological polar surface area (TPSA) is 24.3 Å². The molecule has 3 rings (SSSR count). The molecule has 0 bridgehead atoms. The highest BCUT2D eigenvalue weighted by Gasteiger charge is 2.30. The average molecular weight is 276 g/mol. The van der Waals surface area contributed by atoms with Gasteiger partial charge in [-0.2, -0.15) is 0 Å². The molecule has 0 unspecified atom stereocenters. The van der Waals surface area contributed by atoms with Gasteiger partial charge >= 0.3 is 0 Å². The fraction of sp³-hybridized carbons (Fsp3) is 0.812. The lowest BCUT2D eigenvalue weighted by molar-refractivity contribution is 0.0922. The summed E-state index contributed by atoms with van der Waals surface area (Å²) in [6.07, 6.45) is 7.45. The van der Waals surface area contributed by atoms with Gasteiger partial charge in [-0.1, -0.05) is 0 Å². The number of aromatic nitrogens is 2. The zero-order valence-electron chi connectivity index (χ0n) is 13.2. The molecular weight excluding hydrogens is 248 g/mol. The van der Waals surface area contributed by atoms with Gasteiger partial charge in [0.25, 0.3) is 0 Å². The molecule has 1 aromatic rings. The number of aryl methyl sites for hydroxylation is 2. The van der Waals surface area contributed by atoms with Crippen molar-refractivity contribution < 1.29 is 0 Å². The molecule has 2 fully saturated rings. The van der Waals surface area contributed by atoms with Crippen LogP contribution in [0.4, 0.5) is 0 Å². The Labute approximate surface area is 122 Å². The van der Waals surface area contributed by atoms with Crippen LogP contribution >= 0.6 is 0 Å². The molecule has 0 amide bonds. The Morgan fingerprint density at radius 3 is 2.50 bits per heavy atom. The predicted molar refractivity (Wildman–Crippen MR) is 82.0 cm³/mol. The lowest BCUT2D eigenvalue weighted by Gasteiger charge is -2.41. The van der Waals surface area contributed by atoms with Crippen LogP contribution in [-0.2, 0) is 7.05 Å². The van der Waals surface area contributed by atoms with Crippen LogP contribution in [0.25, 0.3) is 0 Å². The van der Waals surface area contributed by atoms with E-state index >= 15 is 0 Å². The second kappa shape index (κ2) is 5.86. The SMILES string of the molecule is Cc1cn(C)c([C@@H]2CCCN(C3CCN(C)CC3)C2)n1. The monoisotopic (exact) mass is 276 g/mol. The largest absolute Gasteiger partial charge is 0.337 e. The van der Waals surface area contributed by atoms with Crippen LogP contribution in [0, 0.1) is 6.92 Å². The molecule has 0 saturated carbocycles. The van der Waals surface area contributed by atoms with Gasteiger partial charge in [-0.25, -0.2) is 4.98 Å². The summed E-state index contributed by atoms with van der Waals surface area (Å²) < 4.78 is 2.23. The summed E-state index contributed by atoms with van der Waals surface area (Å²) in [6, 6.07) is 0.801. The van der Waals surface area contributed by atoms with Crippen molar-refractivity contribution in [3.8, 4) is 0 Å². The summed E-state index contributed by atoms with van der Waals surface area (Å²) in [5.41, 5.74) is 1.15. The van der Waals surface area contributed by atoms with Gasteiger partial charge in [0.15, 0.2) is 0 Å². The Morgan fingerprint density at radius 1 is 1.10 bits per heavy atom. The highest BCUT2D eigenvalue weighted by Crippen LogP contribution is 2.29. The van der Waals surface area contributed by atoms with Gasteiger partial charge in [0.1, 0.15) is 5.82 Å². The minimum absolute atomic E-state index is 0.627. The fourth-order valence-electron chi connectivity index (χ4n) is 3.92. The highest BCUT2D eigenvalue weighted by molar-refractivity contribution is 5.08. The van der Waals surface area contributed by atoms with E-state index in [0.717, 1.165) is 11.7 Å². The van der Waals surface area contributed by atoms with Crippen LogP contribution in [0.3, 0.4) is 0 Å². The maximum atomic E-state index is 4.75. The van der Waals surface area contributed by atoms with E-state index in [2.05, 4.69) is 41.6 Å². The summed E-state index contributed by atoms with van der Waals surface area (Å²) in [5.74, 6) is 1.92. The molecule has 0 aliphatic carbocycles. The Morgan fingerprint density at radius 2 is 1.85 bits per heavy atom. The molecule has 0 aromatic carbocycles. The fourth-order valence-corrected chi connectivity index (χ4v) is 3.92. The number of likely N-dealkylation sites (tertiary alicyclic amines) is 2. The van der Waals surface area contributed by atoms with Crippen molar-refractivity contribution in [1.82, 2.24) is 19.4 Å². The van der Waals surface area contributed by atoms with Crippen molar-refractivity contribution in [1.29, 1.82) is 0 Å². The first-order valence-electron chi connectivity index (χ1n) is 8.06. The van der Waals surface area contributed by atoms with E-state index in [9.17, 15) is 0 Å². The van der Waals surface area contributed by atoms with E-state index in [-0.39, 0.29) is 0 Å². The maximum Gasteiger partial charge on any atom is 0.113 e. The molecule has 0 N–H and O–H groups in total. The highest BCUT2D eigenvalue weighted by atomic mass is 15.2. The van der Waals surface area contributed by atoms with E-state index in [4.69, 9.17) is 4.98 Å². The number of hydrogen-bond acceptors (Lipinski definition) is 3. The zero-order valence-corrected chi connectivity index (χ0v) is 13.2. The minimum Gasteiger partial charge on any atom is -0.337 e. The molecule has 2 saturated heterocycles. The molecular formula is C16H28N4. The minimum atomic E-state index is 0.627. The predicted octanol–water partition coefficient (Wildman–Crippen LogP) is 2.00. The number of hydrogen-bond donors (Lipinski definition) is 0. The van der Waals surface area contributed by atoms with Crippen LogP contribution in [0.5, 0.6) is 0 Å². The molecule has 2 aliphatic heterocycles. The smallest absolute Gasteiger partial charge is 0.113 e. The Balaban J connectivity index is 1.66. The number of rotatable bonds is 2. The molecule has 0 radical (unpaired) electrons. The van der Waals surface area contributed by atoms with Gasteiger partial charge < -0.3 is 9.47 Å². The van der Waals surface area contributed by atoms with E-state index in [1.54, 1.807) is 0 Å². The molecule has 112 valence electrons. The van der Waals surface area contributed by atoms with Crippen molar-refractivity contribution in [2.24, 2.45) is 7.05 Å². The second-order valence-electron chi connectivity index (χ2n) is 6.72. The lowest BCUT2D eigenvalue weighted by Crippen LogP contribution is -2.47. The lowest BCUT2D eigenvalue weighted by atomic mass is 9.93. The molecule has 3 heterocycles. The first kappa shape index (κ1) is 14.1. The first-order chi connectivity index (χ1) is 9.63. The van der Waals surface area contributed by atoms with Gasteiger partial charge in [0.2, 0.25) is 0 Å². The summed E-state index contributed by atoms with van der Waals surface area (Å²) in [7, 11) is 4.38. The van der Waals surface area contributed by atoms with Crippen molar-refractivity contribution in [2.75, 3.05) is 33.2 Å². The Bertz CT molecular complexity index is 445.